The summed E-state index contributed by atoms with van der Waals surface area (Å²) in [6.07, 6.45) is 0. The van der Waals surface area contributed by atoms with E-state index in [4.69, 9.17) is 9.47 Å². The van der Waals surface area contributed by atoms with Gasteiger partial charge in [0, 0.05) is 17.2 Å². The minimum atomic E-state index is -0.859. The summed E-state index contributed by atoms with van der Waals surface area (Å²) >= 11 is 6.01. The van der Waals surface area contributed by atoms with Crippen molar-refractivity contribution in [2.45, 2.75) is 25.1 Å². The number of ether oxygens (including phenoxy) is 2. The highest BCUT2D eigenvalue weighted by atomic mass is 79.9. The second-order valence-electron chi connectivity index (χ2n) is 5.86. The Bertz CT molecular complexity index is 859. The van der Waals surface area contributed by atoms with Crippen molar-refractivity contribution in [1.82, 2.24) is 4.90 Å². The number of hydrazone groups is 1. The van der Waals surface area contributed by atoms with E-state index in [1.807, 2.05) is 43.1 Å². The second-order valence-corrected chi connectivity index (χ2v) is 9.38. The Hall–Kier alpha value is -1.65. The lowest BCUT2D eigenvalue weighted by Crippen LogP contribution is -2.47. The Balaban J connectivity index is 2.02. The van der Waals surface area contributed by atoms with Gasteiger partial charge < -0.3 is 14.4 Å². The first-order valence-electron chi connectivity index (χ1n) is 8.65. The highest BCUT2D eigenvalue weighted by Gasteiger charge is 2.56. The van der Waals surface area contributed by atoms with Gasteiger partial charge in [0.1, 0.15) is 4.91 Å². The molecule has 1 atom stereocenters. The van der Waals surface area contributed by atoms with Gasteiger partial charge in [-0.1, -0.05) is 27.7 Å². The van der Waals surface area contributed by atoms with Crippen molar-refractivity contribution in [3.8, 4) is 0 Å². The molecule has 150 valence electrons. The van der Waals surface area contributed by atoms with Crippen LogP contribution in [-0.4, -0.2) is 46.5 Å². The van der Waals surface area contributed by atoms with Crippen LogP contribution in [0.1, 0.15) is 20.8 Å². The number of carbonyl (C=O) groups excluding carboxylic acids is 2. The average Bonchev–Trinajstić information content (AvgIpc) is 3.17. The SMILES string of the molecule is CCOC(=O)C1=NN(c2ccc(Br)cc2)[C@@]2(S1)SC(C(=O)OCC)=C(C)N2C. The molecular formula is C18H20BrN3O4S2. The Kier molecular flexibility index (Phi) is 6.31. The van der Waals surface area contributed by atoms with E-state index in [0.29, 0.717) is 11.5 Å². The minimum Gasteiger partial charge on any atom is -0.462 e. The molecule has 0 amide bonds. The number of rotatable bonds is 5. The monoisotopic (exact) mass is 485 g/mol. The van der Waals surface area contributed by atoms with Crippen molar-refractivity contribution < 1.29 is 19.1 Å². The smallest absolute Gasteiger partial charge is 0.365 e. The number of esters is 2. The topological polar surface area (TPSA) is 71.4 Å². The second kappa shape index (κ2) is 8.38. The zero-order chi connectivity index (χ0) is 20.5. The molecule has 0 saturated carbocycles. The lowest BCUT2D eigenvalue weighted by Gasteiger charge is -2.39. The number of carbonyl (C=O) groups is 2. The number of benzene rings is 1. The van der Waals surface area contributed by atoms with E-state index in [9.17, 15) is 9.59 Å². The molecule has 1 aromatic rings. The maximum absolute atomic E-state index is 12.5. The summed E-state index contributed by atoms with van der Waals surface area (Å²) in [5.74, 6) is -0.864. The summed E-state index contributed by atoms with van der Waals surface area (Å²) in [6, 6.07) is 7.60. The fourth-order valence-electron chi connectivity index (χ4n) is 2.72. The van der Waals surface area contributed by atoms with Crippen LogP contribution in [0.15, 0.2) is 44.4 Å². The standard InChI is InChI=1S/C18H20BrN3O4S2/c1-5-25-16(23)14-11(3)21(4)18(27-14)22(13-9-7-12(19)8-10-13)20-15(28-18)17(24)26-6-2/h7-10H,5-6H2,1-4H3/t18-/m1/s1. The molecule has 0 N–H and O–H groups in total. The van der Waals surface area contributed by atoms with Crippen LogP contribution >= 0.6 is 39.5 Å². The van der Waals surface area contributed by atoms with Gasteiger partial charge in [-0.05, 0) is 56.8 Å². The maximum atomic E-state index is 12.5. The van der Waals surface area contributed by atoms with Gasteiger partial charge >= 0.3 is 11.9 Å². The first kappa shape index (κ1) is 21.1. The third kappa shape index (κ3) is 3.65. The van der Waals surface area contributed by atoms with Crippen LogP contribution in [0.25, 0.3) is 0 Å². The Labute approximate surface area is 180 Å². The molecule has 0 aromatic heterocycles. The van der Waals surface area contributed by atoms with Gasteiger partial charge in [0.05, 0.1) is 18.9 Å². The molecule has 0 aliphatic carbocycles. The van der Waals surface area contributed by atoms with Crippen LogP contribution < -0.4 is 5.01 Å². The van der Waals surface area contributed by atoms with E-state index in [2.05, 4.69) is 21.0 Å². The van der Waals surface area contributed by atoms with Crippen molar-refractivity contribution in [3.63, 3.8) is 0 Å². The van der Waals surface area contributed by atoms with Gasteiger partial charge in [-0.25, -0.2) is 14.6 Å². The lowest BCUT2D eigenvalue weighted by atomic mass is 10.3. The van der Waals surface area contributed by atoms with E-state index in [1.165, 1.54) is 23.5 Å². The molecule has 0 unspecified atom stereocenters. The molecule has 7 nitrogen and oxygen atoms in total. The molecule has 0 bridgehead atoms. The molecule has 2 heterocycles. The predicted octanol–water partition coefficient (Wildman–Crippen LogP) is 3.96. The number of thioether (sulfide) groups is 2. The summed E-state index contributed by atoms with van der Waals surface area (Å²) in [5, 5.41) is 6.53. The molecule has 28 heavy (non-hydrogen) atoms. The number of halogens is 1. The Morgan fingerprint density at radius 3 is 2.32 bits per heavy atom. The maximum Gasteiger partial charge on any atom is 0.365 e. The van der Waals surface area contributed by atoms with E-state index < -0.39 is 10.3 Å². The van der Waals surface area contributed by atoms with Crippen molar-refractivity contribution in [2.24, 2.45) is 5.10 Å². The van der Waals surface area contributed by atoms with Gasteiger partial charge in [-0.3, -0.25) is 0 Å². The van der Waals surface area contributed by atoms with Gasteiger partial charge in [-0.15, -0.1) is 0 Å². The average molecular weight is 486 g/mol. The van der Waals surface area contributed by atoms with Gasteiger partial charge in [0.15, 0.2) is 0 Å². The van der Waals surface area contributed by atoms with Gasteiger partial charge in [0.25, 0.3) is 0 Å². The summed E-state index contributed by atoms with van der Waals surface area (Å²) in [4.78, 5) is 27.3. The minimum absolute atomic E-state index is 0.238. The molecule has 0 radical (unpaired) electrons. The lowest BCUT2D eigenvalue weighted by molar-refractivity contribution is -0.137. The van der Waals surface area contributed by atoms with Gasteiger partial charge in [0.2, 0.25) is 9.37 Å². The van der Waals surface area contributed by atoms with Crippen LogP contribution in [0.3, 0.4) is 0 Å². The summed E-state index contributed by atoms with van der Waals surface area (Å²) < 4.78 is 10.4. The molecule has 10 heteroatoms. The fourth-order valence-corrected chi connectivity index (χ4v) is 5.86. The zero-order valence-corrected chi connectivity index (χ0v) is 19.1. The number of allylic oxidation sites excluding steroid dienone is 1. The summed E-state index contributed by atoms with van der Waals surface area (Å²) in [7, 11) is 1.87. The summed E-state index contributed by atoms with van der Waals surface area (Å²) in [5.41, 5.74) is 1.55. The van der Waals surface area contributed by atoms with Crippen LogP contribution in [0, 0.1) is 0 Å². The summed E-state index contributed by atoms with van der Waals surface area (Å²) in [6.45, 7) is 5.93. The van der Waals surface area contributed by atoms with Crippen molar-refractivity contribution in [1.29, 1.82) is 0 Å². The van der Waals surface area contributed by atoms with E-state index in [1.54, 1.807) is 18.9 Å². The van der Waals surface area contributed by atoms with Crippen LogP contribution in [0.4, 0.5) is 5.69 Å². The Morgan fingerprint density at radius 2 is 1.71 bits per heavy atom. The van der Waals surface area contributed by atoms with Gasteiger partial charge in [-0.2, -0.15) is 5.10 Å². The quantitative estimate of drug-likeness (QED) is 0.580. The number of anilines is 1. The number of hydrogen-bond acceptors (Lipinski definition) is 9. The van der Waals surface area contributed by atoms with Crippen molar-refractivity contribution in [2.75, 3.05) is 25.3 Å². The predicted molar refractivity (Wildman–Crippen MR) is 116 cm³/mol. The molecule has 0 fully saturated rings. The van der Waals surface area contributed by atoms with Crippen LogP contribution in [0.2, 0.25) is 0 Å². The first-order valence-corrected chi connectivity index (χ1v) is 11.1. The molecule has 2 aliphatic rings. The first-order chi connectivity index (χ1) is 13.3. The molecule has 3 rings (SSSR count). The largest absolute Gasteiger partial charge is 0.462 e. The molecule has 2 aliphatic heterocycles. The third-order valence-electron chi connectivity index (χ3n) is 4.16. The normalized spacial score (nSPS) is 21.4. The number of hydrogen-bond donors (Lipinski definition) is 0. The number of nitrogens with zero attached hydrogens (tertiary/aromatic N) is 3. The fraction of sp³-hybridized carbons (Fsp3) is 0.389. The molecule has 1 spiro atoms. The third-order valence-corrected chi connectivity index (χ3v) is 7.72. The Morgan fingerprint density at radius 1 is 1.11 bits per heavy atom. The van der Waals surface area contributed by atoms with Crippen LogP contribution in [-0.2, 0) is 19.1 Å². The zero-order valence-electron chi connectivity index (χ0n) is 15.9. The van der Waals surface area contributed by atoms with E-state index in [-0.39, 0.29) is 17.6 Å². The molecule has 0 saturated heterocycles. The van der Waals surface area contributed by atoms with Crippen LogP contribution in [0.5, 0.6) is 0 Å². The van der Waals surface area contributed by atoms with Crippen molar-refractivity contribution in [3.05, 3.63) is 39.3 Å². The molecular weight excluding hydrogens is 466 g/mol. The highest BCUT2D eigenvalue weighted by Crippen LogP contribution is 2.58. The van der Waals surface area contributed by atoms with Crippen molar-refractivity contribution >= 4 is 62.1 Å². The van der Waals surface area contributed by atoms with E-state index >= 15 is 0 Å². The molecule has 1 aromatic carbocycles. The van der Waals surface area contributed by atoms with E-state index in [0.717, 1.165) is 15.9 Å². The highest BCUT2D eigenvalue weighted by molar-refractivity contribution is 9.10.